The zero-order valence-corrected chi connectivity index (χ0v) is 12.8. The fourth-order valence-corrected chi connectivity index (χ4v) is 3.36. The van der Waals surface area contributed by atoms with Crippen LogP contribution >= 0.6 is 11.6 Å². The second-order valence-corrected chi connectivity index (χ2v) is 6.09. The molecule has 0 bridgehead atoms. The predicted molar refractivity (Wildman–Crippen MR) is 84.3 cm³/mol. The van der Waals surface area contributed by atoms with Gasteiger partial charge < -0.3 is 9.88 Å². The van der Waals surface area contributed by atoms with Gasteiger partial charge in [-0.05, 0) is 63.4 Å². The van der Waals surface area contributed by atoms with Crippen LogP contribution in [0.4, 0.5) is 0 Å². The number of halogens is 1. The first-order chi connectivity index (χ1) is 9.78. The van der Waals surface area contributed by atoms with Gasteiger partial charge in [-0.3, -0.25) is 0 Å². The van der Waals surface area contributed by atoms with Gasteiger partial charge in [-0.2, -0.15) is 0 Å². The van der Waals surface area contributed by atoms with Crippen molar-refractivity contribution >= 4 is 22.6 Å². The molecule has 1 N–H and O–H groups in total. The lowest BCUT2D eigenvalue weighted by atomic mass is 9.94. The number of fused-ring (bicyclic) bond motifs is 1. The van der Waals surface area contributed by atoms with Crippen LogP contribution in [0.1, 0.15) is 32.0 Å². The lowest BCUT2D eigenvalue weighted by Gasteiger charge is -2.22. The van der Waals surface area contributed by atoms with Gasteiger partial charge in [0.15, 0.2) is 0 Å². The predicted octanol–water partition coefficient (Wildman–Crippen LogP) is 3.64. The van der Waals surface area contributed by atoms with Crippen LogP contribution in [0.2, 0.25) is 5.02 Å². The van der Waals surface area contributed by atoms with Gasteiger partial charge in [0, 0.05) is 18.0 Å². The van der Waals surface area contributed by atoms with Crippen LogP contribution in [0.3, 0.4) is 0 Å². The number of hydrogen-bond acceptors (Lipinski definition) is 2. The first-order valence-electron chi connectivity index (χ1n) is 7.63. The molecule has 1 unspecified atom stereocenters. The van der Waals surface area contributed by atoms with Gasteiger partial charge in [0.1, 0.15) is 5.82 Å². The minimum Gasteiger partial charge on any atom is -0.328 e. The van der Waals surface area contributed by atoms with Crippen molar-refractivity contribution in [1.29, 1.82) is 0 Å². The number of imidazole rings is 1. The van der Waals surface area contributed by atoms with Crippen molar-refractivity contribution in [3.63, 3.8) is 0 Å². The second kappa shape index (κ2) is 6.15. The summed E-state index contributed by atoms with van der Waals surface area (Å²) < 4.78 is 2.30. The van der Waals surface area contributed by atoms with Gasteiger partial charge in [0.25, 0.3) is 0 Å². The monoisotopic (exact) mass is 291 g/mol. The molecule has 3 rings (SSSR count). The van der Waals surface area contributed by atoms with E-state index < -0.39 is 0 Å². The van der Waals surface area contributed by atoms with E-state index in [1.54, 1.807) is 0 Å². The molecule has 2 aromatic rings. The molecular weight excluding hydrogens is 270 g/mol. The van der Waals surface area contributed by atoms with E-state index >= 15 is 0 Å². The van der Waals surface area contributed by atoms with Crippen molar-refractivity contribution < 1.29 is 0 Å². The van der Waals surface area contributed by atoms with Crippen LogP contribution in [0.15, 0.2) is 18.2 Å². The van der Waals surface area contributed by atoms with Gasteiger partial charge in [0.05, 0.1) is 11.0 Å². The highest BCUT2D eigenvalue weighted by molar-refractivity contribution is 6.31. The highest BCUT2D eigenvalue weighted by Crippen LogP contribution is 2.23. The Morgan fingerprint density at radius 1 is 1.45 bits per heavy atom. The topological polar surface area (TPSA) is 29.9 Å². The molecule has 2 heterocycles. The first kappa shape index (κ1) is 13.9. The third-order valence-corrected chi connectivity index (χ3v) is 4.52. The summed E-state index contributed by atoms with van der Waals surface area (Å²) in [4.78, 5) is 4.79. The second-order valence-electron chi connectivity index (χ2n) is 5.66. The molecule has 0 spiro atoms. The maximum absolute atomic E-state index is 6.11. The largest absolute Gasteiger partial charge is 0.328 e. The van der Waals surface area contributed by atoms with Crippen molar-refractivity contribution in [2.24, 2.45) is 5.92 Å². The van der Waals surface area contributed by atoms with Gasteiger partial charge in [-0.25, -0.2) is 4.98 Å². The van der Waals surface area contributed by atoms with E-state index in [1.165, 1.54) is 31.6 Å². The zero-order chi connectivity index (χ0) is 13.9. The Labute approximate surface area is 125 Å². The molecule has 4 heteroatoms. The summed E-state index contributed by atoms with van der Waals surface area (Å²) in [6.07, 6.45) is 4.95. The van der Waals surface area contributed by atoms with Gasteiger partial charge >= 0.3 is 0 Å². The quantitative estimate of drug-likeness (QED) is 0.932. The molecule has 20 heavy (non-hydrogen) atoms. The molecule has 0 amide bonds. The van der Waals surface area contributed by atoms with Crippen molar-refractivity contribution in [3.05, 3.63) is 29.0 Å². The Morgan fingerprint density at radius 3 is 3.10 bits per heavy atom. The number of nitrogens with zero attached hydrogens (tertiary/aromatic N) is 2. The van der Waals surface area contributed by atoms with E-state index in [2.05, 4.69) is 16.8 Å². The maximum atomic E-state index is 6.11. The SMILES string of the molecule is CCn1c(CCC2CCCNC2)nc2ccc(Cl)cc21. The van der Waals surface area contributed by atoms with E-state index in [-0.39, 0.29) is 0 Å². The van der Waals surface area contributed by atoms with Crippen molar-refractivity contribution in [2.45, 2.75) is 39.2 Å². The van der Waals surface area contributed by atoms with Crippen LogP contribution in [-0.4, -0.2) is 22.6 Å². The molecule has 1 aromatic heterocycles. The Morgan fingerprint density at radius 2 is 2.35 bits per heavy atom. The van der Waals surface area contributed by atoms with E-state index in [9.17, 15) is 0 Å². The standard InChI is InChI=1S/C16H22ClN3/c1-2-20-15-10-13(17)6-7-14(15)19-16(20)8-5-12-4-3-9-18-11-12/h6-7,10,12,18H,2-5,8-9,11H2,1H3. The maximum Gasteiger partial charge on any atom is 0.109 e. The fraction of sp³-hybridized carbons (Fsp3) is 0.562. The molecule has 0 saturated carbocycles. The molecular formula is C16H22ClN3. The summed E-state index contributed by atoms with van der Waals surface area (Å²) in [5, 5.41) is 4.28. The summed E-state index contributed by atoms with van der Waals surface area (Å²) in [7, 11) is 0. The van der Waals surface area contributed by atoms with E-state index in [0.29, 0.717) is 0 Å². The number of rotatable bonds is 4. The molecule has 1 fully saturated rings. The summed E-state index contributed by atoms with van der Waals surface area (Å²) in [6.45, 7) is 5.48. The molecule has 3 nitrogen and oxygen atoms in total. The Balaban J connectivity index is 1.79. The third kappa shape index (κ3) is 2.84. The number of aryl methyl sites for hydroxylation is 2. The average Bonchev–Trinajstić information content (AvgIpc) is 2.83. The van der Waals surface area contributed by atoms with E-state index in [4.69, 9.17) is 16.6 Å². The molecule has 1 aliphatic rings. The highest BCUT2D eigenvalue weighted by Gasteiger charge is 2.15. The van der Waals surface area contributed by atoms with E-state index in [1.807, 2.05) is 18.2 Å². The smallest absolute Gasteiger partial charge is 0.109 e. The molecule has 0 radical (unpaired) electrons. The molecule has 1 aromatic carbocycles. The molecule has 108 valence electrons. The zero-order valence-electron chi connectivity index (χ0n) is 12.0. The normalized spacial score (nSPS) is 19.6. The Bertz CT molecular complexity index is 585. The van der Waals surface area contributed by atoms with Gasteiger partial charge in [-0.15, -0.1) is 0 Å². The van der Waals surface area contributed by atoms with Gasteiger partial charge in [-0.1, -0.05) is 11.6 Å². The number of aromatic nitrogens is 2. The minimum absolute atomic E-state index is 0.787. The number of benzene rings is 1. The van der Waals surface area contributed by atoms with E-state index in [0.717, 1.165) is 41.5 Å². The molecule has 0 aliphatic carbocycles. The lowest BCUT2D eigenvalue weighted by molar-refractivity contribution is 0.355. The van der Waals surface area contributed by atoms with Crippen LogP contribution in [0.25, 0.3) is 11.0 Å². The Kier molecular flexibility index (Phi) is 4.27. The minimum atomic E-state index is 0.787. The van der Waals surface area contributed by atoms with Crippen LogP contribution in [0.5, 0.6) is 0 Å². The average molecular weight is 292 g/mol. The number of nitrogens with one attached hydrogen (secondary N) is 1. The number of hydrogen-bond donors (Lipinski definition) is 1. The van der Waals surface area contributed by atoms with Crippen LogP contribution in [-0.2, 0) is 13.0 Å². The summed E-state index contributed by atoms with van der Waals surface area (Å²) >= 11 is 6.11. The van der Waals surface area contributed by atoms with Crippen LogP contribution in [0, 0.1) is 5.92 Å². The van der Waals surface area contributed by atoms with Gasteiger partial charge in [0.2, 0.25) is 0 Å². The fourth-order valence-electron chi connectivity index (χ4n) is 3.19. The van der Waals surface area contributed by atoms with Crippen molar-refractivity contribution in [1.82, 2.24) is 14.9 Å². The first-order valence-corrected chi connectivity index (χ1v) is 8.01. The summed E-state index contributed by atoms with van der Waals surface area (Å²) in [5.41, 5.74) is 2.23. The third-order valence-electron chi connectivity index (χ3n) is 4.28. The Hall–Kier alpha value is -1.06. The van der Waals surface area contributed by atoms with Crippen molar-refractivity contribution in [2.75, 3.05) is 13.1 Å². The summed E-state index contributed by atoms with van der Waals surface area (Å²) in [5.74, 6) is 2.01. The molecule has 1 aliphatic heterocycles. The lowest BCUT2D eigenvalue weighted by Crippen LogP contribution is -2.30. The van der Waals surface area contributed by atoms with Crippen LogP contribution < -0.4 is 5.32 Å². The number of piperidine rings is 1. The molecule has 1 saturated heterocycles. The molecule has 1 atom stereocenters. The highest BCUT2D eigenvalue weighted by atomic mass is 35.5. The summed E-state index contributed by atoms with van der Waals surface area (Å²) in [6, 6.07) is 5.97. The van der Waals surface area contributed by atoms with Crippen molar-refractivity contribution in [3.8, 4) is 0 Å².